The molecule has 0 aliphatic heterocycles. The quantitative estimate of drug-likeness (QED) is 0.766. The first-order valence-electron chi connectivity index (χ1n) is 7.43. The van der Waals surface area contributed by atoms with Crippen molar-refractivity contribution < 1.29 is 13.2 Å². The molecular formula is C16H20N2O3S2. The number of benzene rings is 1. The number of amides is 1. The second kappa shape index (κ2) is 8.24. The maximum Gasteiger partial charge on any atom is 0.251 e. The standard InChI is InChI=1S/C16H20N2O3S2/c1-2-10-17-16(19)13-5-7-15(8-6-13)23(20,21)18-11-9-14-4-3-12-22-14/h3-8,12,18H,2,9-11H2,1H3,(H,17,19). The van der Waals surface area contributed by atoms with Crippen molar-refractivity contribution in [3.63, 3.8) is 0 Å². The number of carbonyl (C=O) groups is 1. The molecule has 23 heavy (non-hydrogen) atoms. The van der Waals surface area contributed by atoms with Crippen LogP contribution in [-0.4, -0.2) is 27.4 Å². The molecule has 1 amide bonds. The summed E-state index contributed by atoms with van der Waals surface area (Å²) in [5.74, 6) is -0.193. The Morgan fingerprint density at radius 2 is 1.87 bits per heavy atom. The van der Waals surface area contributed by atoms with E-state index in [0.717, 1.165) is 11.3 Å². The van der Waals surface area contributed by atoms with Gasteiger partial charge in [-0.05, 0) is 48.6 Å². The van der Waals surface area contributed by atoms with Gasteiger partial charge in [0, 0.05) is 23.5 Å². The molecule has 2 rings (SSSR count). The molecule has 7 heteroatoms. The molecule has 0 radical (unpaired) electrons. The van der Waals surface area contributed by atoms with Crippen LogP contribution in [0.3, 0.4) is 0 Å². The summed E-state index contributed by atoms with van der Waals surface area (Å²) >= 11 is 1.60. The molecule has 0 spiro atoms. The average molecular weight is 352 g/mol. The second-order valence-corrected chi connectivity index (χ2v) is 7.81. The molecular weight excluding hydrogens is 332 g/mol. The van der Waals surface area contributed by atoms with E-state index >= 15 is 0 Å². The summed E-state index contributed by atoms with van der Waals surface area (Å²) < 4.78 is 27.0. The van der Waals surface area contributed by atoms with E-state index in [4.69, 9.17) is 0 Å². The highest BCUT2D eigenvalue weighted by molar-refractivity contribution is 7.89. The van der Waals surface area contributed by atoms with Gasteiger partial charge in [-0.25, -0.2) is 13.1 Å². The van der Waals surface area contributed by atoms with E-state index in [1.165, 1.54) is 24.3 Å². The molecule has 0 bridgehead atoms. The van der Waals surface area contributed by atoms with Crippen LogP contribution in [0.15, 0.2) is 46.7 Å². The highest BCUT2D eigenvalue weighted by Crippen LogP contribution is 2.12. The summed E-state index contributed by atoms with van der Waals surface area (Å²) in [4.78, 5) is 13.1. The van der Waals surface area contributed by atoms with Crippen molar-refractivity contribution in [3.8, 4) is 0 Å². The van der Waals surface area contributed by atoms with Crippen molar-refractivity contribution in [3.05, 3.63) is 52.2 Å². The van der Waals surface area contributed by atoms with Crippen LogP contribution < -0.4 is 10.0 Å². The molecule has 0 aliphatic rings. The minimum atomic E-state index is -3.55. The van der Waals surface area contributed by atoms with E-state index in [9.17, 15) is 13.2 Å². The predicted molar refractivity (Wildman–Crippen MR) is 92.3 cm³/mol. The molecule has 0 unspecified atom stereocenters. The van der Waals surface area contributed by atoms with E-state index in [1.807, 2.05) is 24.4 Å². The Morgan fingerprint density at radius 1 is 1.13 bits per heavy atom. The van der Waals surface area contributed by atoms with Crippen molar-refractivity contribution >= 4 is 27.3 Å². The molecule has 5 nitrogen and oxygen atoms in total. The number of sulfonamides is 1. The Bertz CT molecular complexity index is 723. The Balaban J connectivity index is 1.95. The molecule has 0 saturated carbocycles. The van der Waals surface area contributed by atoms with Crippen molar-refractivity contribution in [2.45, 2.75) is 24.7 Å². The van der Waals surface area contributed by atoms with Crippen LogP contribution in [0.25, 0.3) is 0 Å². The van der Waals surface area contributed by atoms with Gasteiger partial charge in [-0.2, -0.15) is 0 Å². The second-order valence-electron chi connectivity index (χ2n) is 5.01. The lowest BCUT2D eigenvalue weighted by molar-refractivity contribution is 0.0953. The Kier molecular flexibility index (Phi) is 6.32. The highest BCUT2D eigenvalue weighted by Gasteiger charge is 2.14. The van der Waals surface area contributed by atoms with Crippen LogP contribution >= 0.6 is 11.3 Å². The molecule has 0 aliphatic carbocycles. The van der Waals surface area contributed by atoms with Crippen molar-refractivity contribution in [1.29, 1.82) is 0 Å². The molecule has 0 fully saturated rings. The molecule has 2 N–H and O–H groups in total. The third kappa shape index (κ3) is 5.16. The Labute approximate surface area is 140 Å². The molecule has 0 saturated heterocycles. The molecule has 2 aromatic rings. The largest absolute Gasteiger partial charge is 0.352 e. The summed E-state index contributed by atoms with van der Waals surface area (Å²) in [5, 5.41) is 4.72. The number of carbonyl (C=O) groups excluding carboxylic acids is 1. The number of hydrogen-bond acceptors (Lipinski definition) is 4. The van der Waals surface area contributed by atoms with Gasteiger partial charge in [0.25, 0.3) is 5.91 Å². The monoisotopic (exact) mass is 352 g/mol. The summed E-state index contributed by atoms with van der Waals surface area (Å²) in [7, 11) is -3.55. The first-order valence-corrected chi connectivity index (χ1v) is 9.79. The fourth-order valence-electron chi connectivity index (χ4n) is 1.97. The van der Waals surface area contributed by atoms with Crippen molar-refractivity contribution in [1.82, 2.24) is 10.0 Å². The molecule has 1 heterocycles. The Hall–Kier alpha value is -1.70. The highest BCUT2D eigenvalue weighted by atomic mass is 32.2. The Morgan fingerprint density at radius 3 is 2.48 bits per heavy atom. The topological polar surface area (TPSA) is 75.3 Å². The van der Waals surface area contributed by atoms with Gasteiger partial charge >= 0.3 is 0 Å². The van der Waals surface area contributed by atoms with E-state index in [0.29, 0.717) is 25.1 Å². The van der Waals surface area contributed by atoms with Gasteiger partial charge < -0.3 is 5.32 Å². The van der Waals surface area contributed by atoms with Crippen LogP contribution in [0.1, 0.15) is 28.6 Å². The zero-order chi connectivity index (χ0) is 16.7. The van der Waals surface area contributed by atoms with E-state index in [-0.39, 0.29) is 10.8 Å². The zero-order valence-corrected chi connectivity index (χ0v) is 14.5. The predicted octanol–water partition coefficient (Wildman–Crippen LogP) is 2.41. The zero-order valence-electron chi connectivity index (χ0n) is 12.9. The SMILES string of the molecule is CCCNC(=O)c1ccc(S(=O)(=O)NCCc2cccs2)cc1. The average Bonchev–Trinajstić information content (AvgIpc) is 3.06. The van der Waals surface area contributed by atoms with Gasteiger partial charge in [-0.3, -0.25) is 4.79 Å². The van der Waals surface area contributed by atoms with Gasteiger partial charge in [0.2, 0.25) is 10.0 Å². The molecule has 0 atom stereocenters. The van der Waals surface area contributed by atoms with Crippen LogP contribution in [0, 0.1) is 0 Å². The van der Waals surface area contributed by atoms with Gasteiger partial charge in [0.1, 0.15) is 0 Å². The van der Waals surface area contributed by atoms with E-state index in [2.05, 4.69) is 10.0 Å². The van der Waals surface area contributed by atoms with Crippen LogP contribution in [0.4, 0.5) is 0 Å². The third-order valence-corrected chi connectivity index (χ3v) is 5.62. The minimum Gasteiger partial charge on any atom is -0.352 e. The lowest BCUT2D eigenvalue weighted by Crippen LogP contribution is -2.26. The first kappa shape index (κ1) is 17.7. The molecule has 1 aromatic heterocycles. The van der Waals surface area contributed by atoms with E-state index in [1.54, 1.807) is 11.3 Å². The van der Waals surface area contributed by atoms with Gasteiger partial charge in [0.05, 0.1) is 4.90 Å². The lowest BCUT2D eigenvalue weighted by Gasteiger charge is -2.07. The lowest BCUT2D eigenvalue weighted by atomic mass is 10.2. The first-order chi connectivity index (χ1) is 11.0. The smallest absolute Gasteiger partial charge is 0.251 e. The number of nitrogens with one attached hydrogen (secondary N) is 2. The summed E-state index contributed by atoms with van der Waals surface area (Å²) in [6, 6.07) is 9.87. The van der Waals surface area contributed by atoms with Gasteiger partial charge in [0.15, 0.2) is 0 Å². The summed E-state index contributed by atoms with van der Waals surface area (Å²) in [6.07, 6.45) is 1.51. The molecule has 1 aromatic carbocycles. The van der Waals surface area contributed by atoms with Crippen molar-refractivity contribution in [2.24, 2.45) is 0 Å². The molecule has 124 valence electrons. The van der Waals surface area contributed by atoms with Crippen molar-refractivity contribution in [2.75, 3.05) is 13.1 Å². The number of rotatable bonds is 8. The summed E-state index contributed by atoms with van der Waals surface area (Å²) in [5.41, 5.74) is 0.455. The number of thiophene rings is 1. The fourth-order valence-corrected chi connectivity index (χ4v) is 3.71. The normalized spacial score (nSPS) is 11.3. The van der Waals surface area contributed by atoms with Crippen LogP contribution in [-0.2, 0) is 16.4 Å². The third-order valence-electron chi connectivity index (χ3n) is 3.21. The maximum atomic E-state index is 12.2. The van der Waals surface area contributed by atoms with Crippen LogP contribution in [0.2, 0.25) is 0 Å². The maximum absolute atomic E-state index is 12.2. The van der Waals surface area contributed by atoms with E-state index < -0.39 is 10.0 Å². The van der Waals surface area contributed by atoms with Gasteiger partial charge in [-0.15, -0.1) is 11.3 Å². The van der Waals surface area contributed by atoms with Crippen LogP contribution in [0.5, 0.6) is 0 Å². The minimum absolute atomic E-state index is 0.163. The summed E-state index contributed by atoms with van der Waals surface area (Å²) in [6.45, 7) is 2.92. The number of hydrogen-bond donors (Lipinski definition) is 2. The van der Waals surface area contributed by atoms with Gasteiger partial charge in [-0.1, -0.05) is 13.0 Å². The fraction of sp³-hybridized carbons (Fsp3) is 0.312.